The SMILES string of the molecule is CCCCCCCCC1CCC(c2ccc(-c3ccc(OC(F)(F)C(F)(F)F)cc3)cc2)CC1. The van der Waals surface area contributed by atoms with E-state index in [1.54, 1.807) is 0 Å². The maximum absolute atomic E-state index is 13.1. The van der Waals surface area contributed by atoms with Gasteiger partial charge in [0.05, 0.1) is 0 Å². The summed E-state index contributed by atoms with van der Waals surface area (Å²) in [4.78, 5) is 0. The third kappa shape index (κ3) is 7.44. The van der Waals surface area contributed by atoms with Gasteiger partial charge in [-0.05, 0) is 66.3 Å². The minimum Gasteiger partial charge on any atom is -0.426 e. The van der Waals surface area contributed by atoms with Crippen molar-refractivity contribution in [2.45, 2.75) is 95.8 Å². The van der Waals surface area contributed by atoms with Crippen LogP contribution < -0.4 is 4.74 Å². The van der Waals surface area contributed by atoms with Gasteiger partial charge in [-0.1, -0.05) is 88.3 Å². The van der Waals surface area contributed by atoms with Crippen LogP contribution in [0.4, 0.5) is 22.0 Å². The van der Waals surface area contributed by atoms with Crippen LogP contribution in [-0.2, 0) is 0 Å². The molecule has 2 aromatic carbocycles. The van der Waals surface area contributed by atoms with Crippen LogP contribution in [0, 0.1) is 5.92 Å². The van der Waals surface area contributed by atoms with E-state index in [4.69, 9.17) is 0 Å². The molecule has 0 heterocycles. The second-order valence-electron chi connectivity index (χ2n) is 9.54. The van der Waals surface area contributed by atoms with Crippen molar-refractivity contribution in [2.75, 3.05) is 0 Å². The molecule has 0 radical (unpaired) electrons. The number of alkyl halides is 5. The molecule has 0 unspecified atom stereocenters. The Morgan fingerprint density at radius 3 is 1.79 bits per heavy atom. The quantitative estimate of drug-likeness (QED) is 0.229. The Hall–Kier alpha value is -2.11. The van der Waals surface area contributed by atoms with Crippen LogP contribution in [-0.4, -0.2) is 12.3 Å². The molecule has 1 fully saturated rings. The van der Waals surface area contributed by atoms with Gasteiger partial charge in [0.25, 0.3) is 0 Å². The molecule has 0 amide bonds. The van der Waals surface area contributed by atoms with Crippen molar-refractivity contribution >= 4 is 0 Å². The fraction of sp³-hybridized carbons (Fsp3) is 0.571. The summed E-state index contributed by atoms with van der Waals surface area (Å²) in [6, 6.07) is 13.4. The molecule has 188 valence electrons. The van der Waals surface area contributed by atoms with Crippen LogP contribution in [0.1, 0.15) is 89.0 Å². The number of halogens is 5. The van der Waals surface area contributed by atoms with E-state index < -0.39 is 18.0 Å². The van der Waals surface area contributed by atoms with Crippen molar-refractivity contribution < 1.29 is 26.7 Å². The van der Waals surface area contributed by atoms with Gasteiger partial charge in [-0.2, -0.15) is 22.0 Å². The number of benzene rings is 2. The molecule has 1 nitrogen and oxygen atoms in total. The summed E-state index contributed by atoms with van der Waals surface area (Å²) >= 11 is 0. The van der Waals surface area contributed by atoms with E-state index in [1.807, 2.05) is 12.1 Å². The lowest BCUT2D eigenvalue weighted by Gasteiger charge is -2.29. The Kier molecular flexibility index (Phi) is 9.38. The maximum Gasteiger partial charge on any atom is 0.499 e. The van der Waals surface area contributed by atoms with Gasteiger partial charge in [-0.15, -0.1) is 0 Å². The zero-order valence-corrected chi connectivity index (χ0v) is 19.8. The first-order chi connectivity index (χ1) is 16.2. The molecule has 0 atom stereocenters. The molecule has 1 aliphatic carbocycles. The van der Waals surface area contributed by atoms with Crippen LogP contribution in [0.5, 0.6) is 5.75 Å². The van der Waals surface area contributed by atoms with Crippen LogP contribution in [0.15, 0.2) is 48.5 Å². The van der Waals surface area contributed by atoms with Gasteiger partial charge < -0.3 is 4.74 Å². The molecule has 3 rings (SSSR count). The third-order valence-electron chi connectivity index (χ3n) is 6.96. The summed E-state index contributed by atoms with van der Waals surface area (Å²) in [6.45, 7) is 2.25. The Bertz CT molecular complexity index is 850. The Labute approximate surface area is 199 Å². The van der Waals surface area contributed by atoms with Crippen molar-refractivity contribution in [2.24, 2.45) is 5.92 Å². The summed E-state index contributed by atoms with van der Waals surface area (Å²) < 4.78 is 66.9. The highest BCUT2D eigenvalue weighted by Gasteiger charge is 2.61. The van der Waals surface area contributed by atoms with Gasteiger partial charge in [0.15, 0.2) is 0 Å². The first kappa shape index (κ1) is 26.5. The molecular weight excluding hydrogens is 447 g/mol. The summed E-state index contributed by atoms with van der Waals surface area (Å²) in [6.07, 6.45) is 3.45. The van der Waals surface area contributed by atoms with E-state index in [9.17, 15) is 22.0 Å². The Balaban J connectivity index is 1.47. The molecular formula is C28H35F5O. The first-order valence-corrected chi connectivity index (χ1v) is 12.5. The van der Waals surface area contributed by atoms with E-state index in [1.165, 1.54) is 88.3 Å². The largest absolute Gasteiger partial charge is 0.499 e. The fourth-order valence-electron chi connectivity index (χ4n) is 4.87. The molecule has 6 heteroatoms. The minimum absolute atomic E-state index is 0.527. The lowest BCUT2D eigenvalue weighted by atomic mass is 9.77. The van der Waals surface area contributed by atoms with Crippen molar-refractivity contribution in [3.05, 3.63) is 54.1 Å². The standard InChI is InChI=1S/C28H35F5O/c1-2-3-4-5-6-7-8-21-9-11-22(12-10-21)23-13-15-24(16-14-23)25-17-19-26(20-18-25)34-28(32,33)27(29,30)31/h13-22H,2-12H2,1H3. The van der Waals surface area contributed by atoms with Crippen LogP contribution in [0.25, 0.3) is 11.1 Å². The summed E-state index contributed by atoms with van der Waals surface area (Å²) in [7, 11) is 0. The predicted octanol–water partition coefficient (Wildman–Crippen LogP) is 9.91. The molecule has 0 spiro atoms. The highest BCUT2D eigenvalue weighted by atomic mass is 19.4. The first-order valence-electron chi connectivity index (χ1n) is 12.5. The van der Waals surface area contributed by atoms with Gasteiger partial charge in [-0.3, -0.25) is 0 Å². The maximum atomic E-state index is 13.1. The molecule has 0 aliphatic heterocycles. The smallest absolute Gasteiger partial charge is 0.426 e. The number of rotatable bonds is 11. The molecule has 0 aromatic heterocycles. The average Bonchev–Trinajstić information content (AvgIpc) is 2.81. The molecule has 2 aromatic rings. The minimum atomic E-state index is -5.76. The zero-order valence-electron chi connectivity index (χ0n) is 19.8. The third-order valence-corrected chi connectivity index (χ3v) is 6.96. The molecule has 0 bridgehead atoms. The van der Waals surface area contributed by atoms with Crippen molar-refractivity contribution in [1.82, 2.24) is 0 Å². The predicted molar refractivity (Wildman–Crippen MR) is 126 cm³/mol. The number of ether oxygens (including phenoxy) is 1. The summed E-state index contributed by atoms with van der Waals surface area (Å²) in [5.41, 5.74) is 2.93. The van der Waals surface area contributed by atoms with Crippen molar-refractivity contribution in [1.29, 1.82) is 0 Å². The fourth-order valence-corrected chi connectivity index (χ4v) is 4.87. The monoisotopic (exact) mass is 482 g/mol. The van der Waals surface area contributed by atoms with Gasteiger partial charge in [0.2, 0.25) is 0 Å². The highest BCUT2D eigenvalue weighted by molar-refractivity contribution is 5.64. The molecule has 1 saturated carbocycles. The molecule has 0 saturated heterocycles. The number of hydrogen-bond acceptors (Lipinski definition) is 1. The van der Waals surface area contributed by atoms with E-state index >= 15 is 0 Å². The Morgan fingerprint density at radius 2 is 1.24 bits per heavy atom. The van der Waals surface area contributed by atoms with Crippen molar-refractivity contribution in [3.8, 4) is 16.9 Å². The van der Waals surface area contributed by atoms with Crippen LogP contribution >= 0.6 is 0 Å². The van der Waals surface area contributed by atoms with Gasteiger partial charge >= 0.3 is 12.3 Å². The lowest BCUT2D eigenvalue weighted by Crippen LogP contribution is -2.41. The lowest BCUT2D eigenvalue weighted by molar-refractivity contribution is -0.360. The van der Waals surface area contributed by atoms with Gasteiger partial charge in [0, 0.05) is 0 Å². The topological polar surface area (TPSA) is 9.23 Å². The van der Waals surface area contributed by atoms with Gasteiger partial charge in [-0.25, -0.2) is 0 Å². The summed E-state index contributed by atoms with van der Waals surface area (Å²) in [5, 5.41) is 0. The van der Waals surface area contributed by atoms with E-state index in [-0.39, 0.29) is 0 Å². The molecule has 0 N–H and O–H groups in total. The van der Waals surface area contributed by atoms with Crippen molar-refractivity contribution in [3.63, 3.8) is 0 Å². The van der Waals surface area contributed by atoms with E-state index in [2.05, 4.69) is 23.8 Å². The second kappa shape index (κ2) is 12.0. The molecule has 34 heavy (non-hydrogen) atoms. The van der Waals surface area contributed by atoms with Crippen LogP contribution in [0.2, 0.25) is 0 Å². The number of unbranched alkanes of at least 4 members (excludes halogenated alkanes) is 5. The second-order valence-corrected chi connectivity index (χ2v) is 9.54. The van der Waals surface area contributed by atoms with E-state index in [0.29, 0.717) is 5.92 Å². The summed E-state index contributed by atoms with van der Waals surface area (Å²) in [5.74, 6) is 0.891. The Morgan fingerprint density at radius 1 is 0.706 bits per heavy atom. The van der Waals surface area contributed by atoms with Crippen LogP contribution in [0.3, 0.4) is 0 Å². The van der Waals surface area contributed by atoms with Gasteiger partial charge in [0.1, 0.15) is 5.75 Å². The van der Waals surface area contributed by atoms with E-state index in [0.717, 1.165) is 29.2 Å². The highest BCUT2D eigenvalue weighted by Crippen LogP contribution is 2.39. The zero-order chi connectivity index (χ0) is 24.6. The normalized spacial score (nSPS) is 19.2. The average molecular weight is 483 g/mol. The number of hydrogen-bond donors (Lipinski definition) is 0. The molecule has 1 aliphatic rings.